The van der Waals surface area contributed by atoms with Crippen molar-refractivity contribution in [1.29, 1.82) is 0 Å². The highest BCUT2D eigenvalue weighted by atomic mass is 16.5. The highest BCUT2D eigenvalue weighted by Gasteiger charge is 2.47. The Balaban J connectivity index is 1.50. The van der Waals surface area contributed by atoms with Gasteiger partial charge in [-0.05, 0) is 36.6 Å². The number of rotatable bonds is 5. The van der Waals surface area contributed by atoms with Crippen LogP contribution in [0.4, 0.5) is 0 Å². The maximum absolute atomic E-state index is 13.5. The van der Waals surface area contributed by atoms with Crippen LogP contribution in [0.5, 0.6) is 0 Å². The van der Waals surface area contributed by atoms with E-state index in [2.05, 4.69) is 36.2 Å². The number of benzene rings is 3. The van der Waals surface area contributed by atoms with Crippen LogP contribution >= 0.6 is 0 Å². The fourth-order valence-electron chi connectivity index (χ4n) is 4.99. The van der Waals surface area contributed by atoms with Gasteiger partial charge in [0, 0.05) is 25.2 Å². The van der Waals surface area contributed by atoms with E-state index in [0.717, 1.165) is 36.3 Å². The van der Waals surface area contributed by atoms with Crippen molar-refractivity contribution in [1.82, 2.24) is 10.2 Å². The SMILES string of the molecule is CC1CN(Cc2cccc(C3=NC(c4ccccc4)(c4ccccc4)C(=O)N3)c2)CC(C)O1. The summed E-state index contributed by atoms with van der Waals surface area (Å²) < 4.78 is 5.87. The van der Waals surface area contributed by atoms with Crippen LogP contribution in [0.25, 0.3) is 0 Å². The first-order valence-corrected chi connectivity index (χ1v) is 11.5. The van der Waals surface area contributed by atoms with Gasteiger partial charge in [0.05, 0.1) is 12.2 Å². The summed E-state index contributed by atoms with van der Waals surface area (Å²) in [6, 6.07) is 27.9. The summed E-state index contributed by atoms with van der Waals surface area (Å²) in [5, 5.41) is 3.08. The summed E-state index contributed by atoms with van der Waals surface area (Å²) in [6.45, 7) is 6.91. The molecule has 0 radical (unpaired) electrons. The summed E-state index contributed by atoms with van der Waals surface area (Å²) in [5.41, 5.74) is 2.74. The molecule has 1 amide bonds. The molecular weight excluding hydrogens is 410 g/mol. The lowest BCUT2D eigenvalue weighted by atomic mass is 9.83. The standard InChI is InChI=1S/C28H29N3O2/c1-20-17-31(18-21(2)33-20)19-22-10-9-11-23(16-22)26-29-27(32)28(30-26,24-12-5-3-6-13-24)25-14-7-4-8-15-25/h3-16,20-21H,17-19H2,1-2H3,(H,29,30,32). The minimum atomic E-state index is -1.09. The first-order chi connectivity index (χ1) is 16.0. The van der Waals surface area contributed by atoms with Crippen molar-refractivity contribution in [3.05, 3.63) is 107 Å². The molecule has 1 fully saturated rings. The van der Waals surface area contributed by atoms with Crippen LogP contribution in [0.1, 0.15) is 36.1 Å². The molecular formula is C28H29N3O2. The van der Waals surface area contributed by atoms with Gasteiger partial charge in [-0.15, -0.1) is 0 Å². The smallest absolute Gasteiger partial charge is 0.262 e. The maximum Gasteiger partial charge on any atom is 0.262 e. The van der Waals surface area contributed by atoms with E-state index >= 15 is 0 Å². The first-order valence-electron chi connectivity index (χ1n) is 11.5. The van der Waals surface area contributed by atoms with Crippen molar-refractivity contribution >= 4 is 11.7 Å². The van der Waals surface area contributed by atoms with E-state index in [1.54, 1.807) is 0 Å². The molecule has 0 spiro atoms. The molecule has 0 aliphatic carbocycles. The maximum atomic E-state index is 13.5. The summed E-state index contributed by atoms with van der Waals surface area (Å²) in [6.07, 6.45) is 0.459. The third kappa shape index (κ3) is 4.22. The van der Waals surface area contributed by atoms with Crippen LogP contribution in [0.15, 0.2) is 89.9 Å². The fourth-order valence-corrected chi connectivity index (χ4v) is 4.99. The zero-order valence-corrected chi connectivity index (χ0v) is 19.1. The predicted molar refractivity (Wildman–Crippen MR) is 130 cm³/mol. The van der Waals surface area contributed by atoms with Crippen molar-refractivity contribution in [2.75, 3.05) is 13.1 Å². The number of ether oxygens (including phenoxy) is 1. The highest BCUT2D eigenvalue weighted by Crippen LogP contribution is 2.37. The van der Waals surface area contributed by atoms with E-state index in [9.17, 15) is 4.79 Å². The van der Waals surface area contributed by atoms with Gasteiger partial charge in [0.25, 0.3) is 5.91 Å². The lowest BCUT2D eigenvalue weighted by Crippen LogP contribution is -2.44. The second-order valence-electron chi connectivity index (χ2n) is 9.01. The van der Waals surface area contributed by atoms with Crippen molar-refractivity contribution in [2.24, 2.45) is 4.99 Å². The monoisotopic (exact) mass is 439 g/mol. The summed E-state index contributed by atoms with van der Waals surface area (Å²) in [4.78, 5) is 21.0. The highest BCUT2D eigenvalue weighted by molar-refractivity contribution is 6.16. The molecule has 3 aromatic carbocycles. The van der Waals surface area contributed by atoms with Gasteiger partial charge in [-0.25, -0.2) is 4.99 Å². The van der Waals surface area contributed by atoms with Gasteiger partial charge in [-0.3, -0.25) is 9.69 Å². The number of aliphatic imine (C=N–C) groups is 1. The van der Waals surface area contributed by atoms with Crippen LogP contribution in [-0.4, -0.2) is 41.9 Å². The van der Waals surface area contributed by atoms with Crippen molar-refractivity contribution < 1.29 is 9.53 Å². The number of nitrogens with zero attached hydrogens (tertiary/aromatic N) is 2. The lowest BCUT2D eigenvalue weighted by molar-refractivity contribution is -0.122. The minimum absolute atomic E-state index is 0.129. The largest absolute Gasteiger partial charge is 0.373 e. The zero-order valence-electron chi connectivity index (χ0n) is 19.1. The normalized spacial score (nSPS) is 22.6. The molecule has 0 saturated carbocycles. The van der Waals surface area contributed by atoms with E-state index in [4.69, 9.17) is 9.73 Å². The molecule has 1 N–H and O–H groups in total. The topological polar surface area (TPSA) is 53.9 Å². The van der Waals surface area contributed by atoms with Crippen LogP contribution in [0, 0.1) is 0 Å². The minimum Gasteiger partial charge on any atom is -0.373 e. The van der Waals surface area contributed by atoms with Crippen LogP contribution in [-0.2, 0) is 21.6 Å². The Kier molecular flexibility index (Phi) is 5.83. The van der Waals surface area contributed by atoms with E-state index in [1.165, 1.54) is 5.56 Å². The van der Waals surface area contributed by atoms with Crippen molar-refractivity contribution in [3.63, 3.8) is 0 Å². The molecule has 2 aliphatic heterocycles. The lowest BCUT2D eigenvalue weighted by Gasteiger charge is -2.35. The molecule has 5 nitrogen and oxygen atoms in total. The third-order valence-corrected chi connectivity index (χ3v) is 6.33. The van der Waals surface area contributed by atoms with Gasteiger partial charge < -0.3 is 10.1 Å². The van der Waals surface area contributed by atoms with E-state index in [1.807, 2.05) is 72.8 Å². The van der Waals surface area contributed by atoms with Crippen molar-refractivity contribution in [2.45, 2.75) is 38.1 Å². The Labute approximate surface area is 195 Å². The molecule has 2 aliphatic rings. The molecule has 1 saturated heterocycles. The zero-order chi connectivity index (χ0) is 22.8. The summed E-state index contributed by atoms with van der Waals surface area (Å²) >= 11 is 0. The summed E-state index contributed by atoms with van der Waals surface area (Å²) in [5.74, 6) is 0.481. The Bertz CT molecular complexity index is 1110. The van der Waals surface area contributed by atoms with Gasteiger partial charge in [0.1, 0.15) is 5.84 Å². The van der Waals surface area contributed by atoms with E-state index < -0.39 is 5.54 Å². The number of amidine groups is 1. The molecule has 3 aromatic rings. The van der Waals surface area contributed by atoms with E-state index in [0.29, 0.717) is 5.84 Å². The summed E-state index contributed by atoms with van der Waals surface area (Å²) in [7, 11) is 0. The number of amides is 1. The van der Waals surface area contributed by atoms with Gasteiger partial charge in [-0.2, -0.15) is 0 Å². The second-order valence-corrected chi connectivity index (χ2v) is 9.01. The van der Waals surface area contributed by atoms with E-state index in [-0.39, 0.29) is 18.1 Å². The third-order valence-electron chi connectivity index (χ3n) is 6.33. The molecule has 5 heteroatoms. The first kappa shape index (κ1) is 21.6. The number of morpholine rings is 1. The predicted octanol–water partition coefficient (Wildman–Crippen LogP) is 4.12. The number of hydrogen-bond acceptors (Lipinski definition) is 4. The van der Waals surface area contributed by atoms with Crippen molar-refractivity contribution in [3.8, 4) is 0 Å². The Morgan fingerprint density at radius 1 is 0.909 bits per heavy atom. The average Bonchev–Trinajstić information content (AvgIpc) is 3.18. The molecule has 2 heterocycles. The van der Waals surface area contributed by atoms with Crippen LogP contribution in [0.2, 0.25) is 0 Å². The van der Waals surface area contributed by atoms with Gasteiger partial charge >= 0.3 is 0 Å². The van der Waals surface area contributed by atoms with Crippen LogP contribution in [0.3, 0.4) is 0 Å². The number of hydrogen-bond donors (Lipinski definition) is 1. The quantitative estimate of drug-likeness (QED) is 0.651. The number of carbonyl (C=O) groups is 1. The van der Waals surface area contributed by atoms with Gasteiger partial charge in [-0.1, -0.05) is 78.9 Å². The van der Waals surface area contributed by atoms with Gasteiger partial charge in [0.2, 0.25) is 0 Å². The average molecular weight is 440 g/mol. The Morgan fingerprint density at radius 3 is 2.12 bits per heavy atom. The Hall–Kier alpha value is -3.28. The molecule has 33 heavy (non-hydrogen) atoms. The molecule has 5 rings (SSSR count). The van der Waals surface area contributed by atoms with Crippen LogP contribution < -0.4 is 5.32 Å². The fraction of sp³-hybridized carbons (Fsp3) is 0.286. The number of nitrogens with one attached hydrogen (secondary N) is 1. The number of carbonyl (C=O) groups excluding carboxylic acids is 1. The molecule has 0 aromatic heterocycles. The second kappa shape index (κ2) is 8.93. The molecule has 168 valence electrons. The molecule has 2 unspecified atom stereocenters. The molecule has 0 bridgehead atoms. The molecule has 2 atom stereocenters. The Morgan fingerprint density at radius 2 is 1.52 bits per heavy atom. The van der Waals surface area contributed by atoms with Gasteiger partial charge in [0.15, 0.2) is 5.54 Å².